The Kier molecular flexibility index (Phi) is 5.96. The molecular formula is C16H16Cl2N2O3S. The maximum absolute atomic E-state index is 12.1. The van der Waals surface area contributed by atoms with E-state index in [9.17, 15) is 9.59 Å². The van der Waals surface area contributed by atoms with E-state index >= 15 is 0 Å². The molecule has 0 aliphatic heterocycles. The van der Waals surface area contributed by atoms with Gasteiger partial charge in [-0.2, -0.15) is 5.10 Å². The number of carboxylic acid groups (broad SMARTS) is 1. The van der Waals surface area contributed by atoms with Crippen LogP contribution in [0.15, 0.2) is 32.9 Å². The molecule has 2 rings (SSSR count). The third kappa shape index (κ3) is 4.32. The summed E-state index contributed by atoms with van der Waals surface area (Å²) in [5.74, 6) is -0.890. The number of aryl methyl sites for hydroxylation is 1. The van der Waals surface area contributed by atoms with Gasteiger partial charge in [0.1, 0.15) is 5.03 Å². The van der Waals surface area contributed by atoms with E-state index in [4.69, 9.17) is 28.3 Å². The summed E-state index contributed by atoms with van der Waals surface area (Å²) in [7, 11) is 1.59. The SMILES string of the molecule is CC(C)c1cc(Sc2c(Cl)cc(CC(=O)O)cc2Cl)nn(C)c1=O. The number of aromatic nitrogens is 2. The lowest BCUT2D eigenvalue weighted by Crippen LogP contribution is -2.24. The Morgan fingerprint density at radius 2 is 1.88 bits per heavy atom. The van der Waals surface area contributed by atoms with Crippen molar-refractivity contribution in [3.05, 3.63) is 49.7 Å². The van der Waals surface area contributed by atoms with Crippen molar-refractivity contribution >= 4 is 40.9 Å². The van der Waals surface area contributed by atoms with Crippen LogP contribution in [0.3, 0.4) is 0 Å². The highest BCUT2D eigenvalue weighted by atomic mass is 35.5. The van der Waals surface area contributed by atoms with Gasteiger partial charge in [-0.05, 0) is 29.7 Å². The lowest BCUT2D eigenvalue weighted by molar-refractivity contribution is -0.136. The van der Waals surface area contributed by atoms with E-state index in [1.807, 2.05) is 13.8 Å². The Morgan fingerprint density at radius 3 is 2.38 bits per heavy atom. The van der Waals surface area contributed by atoms with Crippen molar-refractivity contribution in [2.75, 3.05) is 0 Å². The molecule has 0 unspecified atom stereocenters. The zero-order valence-electron chi connectivity index (χ0n) is 13.3. The van der Waals surface area contributed by atoms with Crippen molar-refractivity contribution in [2.24, 2.45) is 7.05 Å². The Morgan fingerprint density at radius 1 is 1.29 bits per heavy atom. The number of benzene rings is 1. The molecule has 0 aliphatic carbocycles. The first-order valence-electron chi connectivity index (χ1n) is 7.15. The van der Waals surface area contributed by atoms with Crippen molar-refractivity contribution in [2.45, 2.75) is 36.1 Å². The second kappa shape index (κ2) is 7.59. The van der Waals surface area contributed by atoms with Crippen LogP contribution in [0.2, 0.25) is 10.0 Å². The summed E-state index contributed by atoms with van der Waals surface area (Å²) in [6, 6.07) is 4.89. The fourth-order valence-electron chi connectivity index (χ4n) is 2.16. The molecule has 8 heteroatoms. The van der Waals surface area contributed by atoms with E-state index < -0.39 is 5.97 Å². The van der Waals surface area contributed by atoms with Crippen molar-refractivity contribution < 1.29 is 9.90 Å². The van der Waals surface area contributed by atoms with Gasteiger partial charge in [0.15, 0.2) is 0 Å². The van der Waals surface area contributed by atoms with Gasteiger partial charge in [0.2, 0.25) is 0 Å². The predicted molar refractivity (Wildman–Crippen MR) is 95.5 cm³/mol. The minimum atomic E-state index is -0.955. The summed E-state index contributed by atoms with van der Waals surface area (Å²) in [4.78, 5) is 23.5. The number of carboxylic acids is 1. The molecule has 0 saturated carbocycles. The summed E-state index contributed by atoms with van der Waals surface area (Å²) in [5, 5.41) is 14.4. The topological polar surface area (TPSA) is 72.2 Å². The van der Waals surface area contributed by atoms with Gasteiger partial charge in [-0.15, -0.1) is 0 Å². The van der Waals surface area contributed by atoms with Gasteiger partial charge in [-0.1, -0.05) is 48.8 Å². The molecule has 1 aromatic heterocycles. The average molecular weight is 387 g/mol. The van der Waals surface area contributed by atoms with Gasteiger partial charge in [0, 0.05) is 12.6 Å². The molecule has 0 spiro atoms. The second-order valence-corrected chi connectivity index (χ2v) is 7.43. The van der Waals surface area contributed by atoms with E-state index in [1.165, 1.54) is 16.4 Å². The lowest BCUT2D eigenvalue weighted by atomic mass is 10.1. The highest BCUT2D eigenvalue weighted by molar-refractivity contribution is 7.99. The monoisotopic (exact) mass is 386 g/mol. The zero-order chi connectivity index (χ0) is 18.0. The number of aliphatic carboxylic acids is 1. The number of halogens is 2. The van der Waals surface area contributed by atoms with Crippen molar-refractivity contribution in [3.63, 3.8) is 0 Å². The summed E-state index contributed by atoms with van der Waals surface area (Å²) in [5.41, 5.74) is 1.05. The van der Waals surface area contributed by atoms with Gasteiger partial charge in [0.25, 0.3) is 5.56 Å². The van der Waals surface area contributed by atoms with Gasteiger partial charge in [-0.3, -0.25) is 9.59 Å². The fraction of sp³-hybridized carbons (Fsp3) is 0.312. The highest BCUT2D eigenvalue weighted by Crippen LogP contribution is 2.39. The molecule has 5 nitrogen and oxygen atoms in total. The van der Waals surface area contributed by atoms with Crippen LogP contribution in [0.25, 0.3) is 0 Å². The molecule has 0 aliphatic rings. The molecule has 0 atom stereocenters. The third-order valence-electron chi connectivity index (χ3n) is 3.31. The molecule has 0 bridgehead atoms. The quantitative estimate of drug-likeness (QED) is 0.840. The standard InChI is InChI=1S/C16H16Cl2N2O3S/c1-8(2)10-7-13(19-20(3)16(10)23)24-15-11(17)4-9(5-12(15)18)6-14(21)22/h4-5,7-8H,6H2,1-3H3,(H,21,22). The van der Waals surface area contributed by atoms with Crippen molar-refractivity contribution in [1.29, 1.82) is 0 Å². The summed E-state index contributed by atoms with van der Waals surface area (Å²) in [6.45, 7) is 3.87. The zero-order valence-corrected chi connectivity index (χ0v) is 15.7. The van der Waals surface area contributed by atoms with Crippen molar-refractivity contribution in [1.82, 2.24) is 9.78 Å². The second-order valence-electron chi connectivity index (χ2n) is 5.58. The number of nitrogens with zero attached hydrogens (tertiary/aromatic N) is 2. The summed E-state index contributed by atoms with van der Waals surface area (Å²) in [6.07, 6.45) is -0.153. The Labute approximate surface area is 153 Å². The van der Waals surface area contributed by atoms with Crippen LogP contribution in [0.1, 0.15) is 30.9 Å². The minimum absolute atomic E-state index is 0.0648. The van der Waals surface area contributed by atoms with Crippen molar-refractivity contribution in [3.8, 4) is 0 Å². The average Bonchev–Trinajstić information content (AvgIpc) is 2.45. The molecule has 0 radical (unpaired) electrons. The van der Waals surface area contributed by atoms with Gasteiger partial charge in [0.05, 0.1) is 21.4 Å². The first kappa shape index (κ1) is 18.8. The minimum Gasteiger partial charge on any atom is -0.481 e. The number of rotatable bonds is 5. The molecule has 128 valence electrons. The van der Waals surface area contributed by atoms with E-state index in [0.717, 1.165) is 0 Å². The fourth-order valence-corrected chi connectivity index (χ4v) is 3.79. The highest BCUT2D eigenvalue weighted by Gasteiger charge is 2.15. The van der Waals surface area contributed by atoms with Crippen LogP contribution < -0.4 is 5.56 Å². The molecule has 1 heterocycles. The number of hydrogen-bond acceptors (Lipinski definition) is 4. The Hall–Kier alpha value is -1.50. The molecule has 0 saturated heterocycles. The maximum atomic E-state index is 12.1. The van der Waals surface area contributed by atoms with Gasteiger partial charge in [-0.25, -0.2) is 4.68 Å². The van der Waals surface area contributed by atoms with E-state index in [2.05, 4.69) is 5.10 Å². The van der Waals surface area contributed by atoms with E-state index in [0.29, 0.717) is 31.1 Å². The van der Waals surface area contributed by atoms with E-state index in [1.54, 1.807) is 25.2 Å². The Bertz CT molecular complexity index is 827. The van der Waals surface area contributed by atoms with Gasteiger partial charge >= 0.3 is 5.97 Å². The third-order valence-corrected chi connectivity index (χ3v) is 5.18. The number of carbonyl (C=O) groups is 1. The normalized spacial score (nSPS) is 11.1. The Balaban J connectivity index is 2.42. The molecule has 0 amide bonds. The van der Waals surface area contributed by atoms with Crippen LogP contribution in [0.4, 0.5) is 0 Å². The number of hydrogen-bond donors (Lipinski definition) is 1. The van der Waals surface area contributed by atoms with Crippen LogP contribution in [-0.2, 0) is 18.3 Å². The van der Waals surface area contributed by atoms with Crippen LogP contribution >= 0.6 is 35.0 Å². The van der Waals surface area contributed by atoms with Gasteiger partial charge < -0.3 is 5.11 Å². The smallest absolute Gasteiger partial charge is 0.307 e. The van der Waals surface area contributed by atoms with Crippen LogP contribution in [-0.4, -0.2) is 20.9 Å². The molecular weight excluding hydrogens is 371 g/mol. The molecule has 1 aromatic carbocycles. The molecule has 2 aromatic rings. The molecule has 0 fully saturated rings. The van der Waals surface area contributed by atoms with Crippen LogP contribution in [0, 0.1) is 0 Å². The first-order chi connectivity index (χ1) is 11.2. The maximum Gasteiger partial charge on any atom is 0.307 e. The predicted octanol–water partition coefficient (Wildman–Crippen LogP) is 3.99. The molecule has 24 heavy (non-hydrogen) atoms. The summed E-state index contributed by atoms with van der Waals surface area (Å²) < 4.78 is 1.29. The van der Waals surface area contributed by atoms with E-state index in [-0.39, 0.29) is 17.9 Å². The largest absolute Gasteiger partial charge is 0.481 e. The lowest BCUT2D eigenvalue weighted by Gasteiger charge is -2.11. The van der Waals surface area contributed by atoms with Crippen LogP contribution in [0.5, 0.6) is 0 Å². The first-order valence-corrected chi connectivity index (χ1v) is 8.72. The summed E-state index contributed by atoms with van der Waals surface area (Å²) >= 11 is 13.7. The molecule has 1 N–H and O–H groups in total.